The lowest BCUT2D eigenvalue weighted by atomic mass is 9.97. The van der Waals surface area contributed by atoms with E-state index in [1.807, 2.05) is 24.3 Å². The molecule has 0 bridgehead atoms. The number of anilines is 1. The minimum absolute atomic E-state index is 0.173. The second-order valence-corrected chi connectivity index (χ2v) is 8.46. The second-order valence-electron chi connectivity index (χ2n) is 8.46. The number of rotatable bonds is 9. The number of nitrogen functional groups attached to an aromatic ring is 1. The van der Waals surface area contributed by atoms with E-state index in [0.717, 1.165) is 16.3 Å². The largest absolute Gasteiger partial charge is 0.480 e. The molecule has 0 aliphatic carbocycles. The third kappa shape index (κ3) is 5.72. The number of benzene rings is 2. The number of carbonyl (C=O) groups excluding carboxylic acids is 2. The number of likely N-dealkylation sites (tertiary alicyclic amines) is 1. The van der Waals surface area contributed by atoms with E-state index in [1.165, 1.54) is 17.0 Å². The number of hydrogen-bond donors (Lipinski definition) is 4. The summed E-state index contributed by atoms with van der Waals surface area (Å²) in [6.45, 7) is 0.268. The van der Waals surface area contributed by atoms with Gasteiger partial charge < -0.3 is 21.1 Å². The van der Waals surface area contributed by atoms with Crippen molar-refractivity contribution in [3.63, 3.8) is 0 Å². The maximum absolute atomic E-state index is 13.2. The van der Waals surface area contributed by atoms with Gasteiger partial charge in [0, 0.05) is 24.7 Å². The molecule has 2 amide bonds. The van der Waals surface area contributed by atoms with E-state index in [9.17, 15) is 18.8 Å². The van der Waals surface area contributed by atoms with Gasteiger partial charge in [0.25, 0.3) is 0 Å². The number of carboxylic acids is 1. The van der Waals surface area contributed by atoms with Gasteiger partial charge in [-0.05, 0) is 53.6 Å². The Morgan fingerprint density at radius 2 is 1.89 bits per heavy atom. The van der Waals surface area contributed by atoms with E-state index in [2.05, 4.69) is 15.6 Å². The van der Waals surface area contributed by atoms with Gasteiger partial charge in [0.2, 0.25) is 11.8 Å². The highest BCUT2D eigenvalue weighted by molar-refractivity contribution is 5.92. The van der Waals surface area contributed by atoms with Crippen LogP contribution in [-0.2, 0) is 27.3 Å². The number of aromatic nitrogens is 1. The monoisotopic (exact) mass is 479 g/mol. The Balaban J connectivity index is 1.39. The van der Waals surface area contributed by atoms with Gasteiger partial charge in [0.15, 0.2) is 0 Å². The number of nitrogens with zero attached hydrogens (tertiary/aromatic N) is 2. The van der Waals surface area contributed by atoms with Gasteiger partial charge in [-0.2, -0.15) is 0 Å². The third-order valence-corrected chi connectivity index (χ3v) is 6.08. The van der Waals surface area contributed by atoms with Gasteiger partial charge in [-0.3, -0.25) is 19.7 Å². The summed E-state index contributed by atoms with van der Waals surface area (Å²) >= 11 is 0. The Kier molecular flexibility index (Phi) is 7.21. The molecule has 0 spiro atoms. The SMILES string of the molecule is Nc1nccc2cc(CNC(=O)C3CCN3C(=O)C(Cc3ccc(F)cc3)NCC(=O)O)ccc12. The zero-order valence-corrected chi connectivity index (χ0v) is 18.9. The zero-order chi connectivity index (χ0) is 24.9. The number of nitrogens with one attached hydrogen (secondary N) is 2. The van der Waals surface area contributed by atoms with Gasteiger partial charge in [-0.25, -0.2) is 9.37 Å². The Hall–Kier alpha value is -4.05. The van der Waals surface area contributed by atoms with Crippen LogP contribution < -0.4 is 16.4 Å². The molecule has 1 aromatic heterocycles. The number of fused-ring (bicyclic) bond motifs is 1. The van der Waals surface area contributed by atoms with Crippen LogP contribution in [0.4, 0.5) is 10.2 Å². The minimum atomic E-state index is -1.10. The average Bonchev–Trinajstić information content (AvgIpc) is 2.81. The van der Waals surface area contributed by atoms with E-state index >= 15 is 0 Å². The maximum Gasteiger partial charge on any atom is 0.317 e. The number of aliphatic carboxylic acids is 1. The maximum atomic E-state index is 13.2. The smallest absolute Gasteiger partial charge is 0.317 e. The lowest BCUT2D eigenvalue weighted by molar-refractivity contribution is -0.149. The summed E-state index contributed by atoms with van der Waals surface area (Å²) in [7, 11) is 0. The number of hydrogen-bond acceptors (Lipinski definition) is 6. The fraction of sp³-hybridized carbons (Fsp3) is 0.280. The summed E-state index contributed by atoms with van der Waals surface area (Å²) in [4.78, 5) is 42.6. The Morgan fingerprint density at radius 1 is 1.14 bits per heavy atom. The first-order valence-electron chi connectivity index (χ1n) is 11.2. The molecule has 10 heteroatoms. The molecule has 2 unspecified atom stereocenters. The summed E-state index contributed by atoms with van der Waals surface area (Å²) in [5, 5.41) is 16.4. The van der Waals surface area contributed by atoms with Crippen LogP contribution in [0.15, 0.2) is 54.7 Å². The number of carbonyl (C=O) groups is 3. The van der Waals surface area contributed by atoms with E-state index in [4.69, 9.17) is 10.8 Å². The highest BCUT2D eigenvalue weighted by Gasteiger charge is 2.40. The number of nitrogens with two attached hydrogens (primary N) is 1. The van der Waals surface area contributed by atoms with Crippen molar-refractivity contribution in [2.75, 3.05) is 18.8 Å². The molecule has 5 N–H and O–H groups in total. The fourth-order valence-corrected chi connectivity index (χ4v) is 4.11. The Morgan fingerprint density at radius 3 is 2.57 bits per heavy atom. The third-order valence-electron chi connectivity index (χ3n) is 6.08. The normalized spacial score (nSPS) is 15.9. The number of halogens is 1. The van der Waals surface area contributed by atoms with Crippen LogP contribution in [0.2, 0.25) is 0 Å². The fourth-order valence-electron chi connectivity index (χ4n) is 4.11. The van der Waals surface area contributed by atoms with Crippen molar-refractivity contribution in [3.8, 4) is 0 Å². The van der Waals surface area contributed by atoms with Crippen molar-refractivity contribution >= 4 is 34.4 Å². The Bertz CT molecular complexity index is 1250. The Labute approximate surface area is 201 Å². The molecule has 182 valence electrons. The van der Waals surface area contributed by atoms with Crippen LogP contribution in [0.1, 0.15) is 17.5 Å². The molecule has 1 aliphatic rings. The molecule has 3 aromatic rings. The summed E-state index contributed by atoms with van der Waals surface area (Å²) in [6.07, 6.45) is 2.31. The first-order valence-corrected chi connectivity index (χ1v) is 11.2. The highest BCUT2D eigenvalue weighted by atomic mass is 19.1. The second kappa shape index (κ2) is 10.5. The topological polar surface area (TPSA) is 138 Å². The summed E-state index contributed by atoms with van der Waals surface area (Å²) < 4.78 is 13.2. The average molecular weight is 480 g/mol. The van der Waals surface area contributed by atoms with Crippen molar-refractivity contribution in [1.29, 1.82) is 0 Å². The molecule has 4 rings (SSSR count). The molecule has 2 aromatic carbocycles. The van der Waals surface area contributed by atoms with Crippen LogP contribution in [0.3, 0.4) is 0 Å². The van der Waals surface area contributed by atoms with Gasteiger partial charge in [0.05, 0.1) is 12.6 Å². The molecular weight excluding hydrogens is 453 g/mol. The lowest BCUT2D eigenvalue weighted by Gasteiger charge is -2.41. The van der Waals surface area contributed by atoms with E-state index < -0.39 is 30.4 Å². The van der Waals surface area contributed by atoms with E-state index in [1.54, 1.807) is 18.3 Å². The quantitative estimate of drug-likeness (QED) is 0.365. The number of pyridine rings is 1. The van der Waals surface area contributed by atoms with E-state index in [0.29, 0.717) is 24.3 Å². The van der Waals surface area contributed by atoms with Crippen LogP contribution in [0.25, 0.3) is 10.8 Å². The van der Waals surface area contributed by atoms with Gasteiger partial charge in [-0.15, -0.1) is 0 Å². The molecule has 2 heterocycles. The van der Waals surface area contributed by atoms with Crippen molar-refractivity contribution < 1.29 is 23.9 Å². The minimum Gasteiger partial charge on any atom is -0.480 e. The molecular formula is C25H26FN5O4. The summed E-state index contributed by atoms with van der Waals surface area (Å²) in [5.74, 6) is -1.71. The molecule has 35 heavy (non-hydrogen) atoms. The zero-order valence-electron chi connectivity index (χ0n) is 18.9. The summed E-state index contributed by atoms with van der Waals surface area (Å²) in [6, 6.07) is 11.7. The molecule has 2 atom stereocenters. The van der Waals surface area contributed by atoms with Gasteiger partial charge in [-0.1, -0.05) is 24.3 Å². The van der Waals surface area contributed by atoms with Crippen LogP contribution in [0, 0.1) is 5.82 Å². The van der Waals surface area contributed by atoms with Crippen LogP contribution in [-0.4, -0.2) is 57.9 Å². The molecule has 0 radical (unpaired) electrons. The number of amides is 2. The summed E-state index contributed by atoms with van der Waals surface area (Å²) in [5.41, 5.74) is 7.44. The van der Waals surface area contributed by atoms with E-state index in [-0.39, 0.29) is 24.8 Å². The van der Waals surface area contributed by atoms with Crippen molar-refractivity contribution in [2.45, 2.75) is 31.5 Å². The number of carboxylic acid groups (broad SMARTS) is 1. The standard InChI is InChI=1S/C25H26FN5O4/c26-18-4-1-15(2-5-18)12-20(29-14-22(32)33)25(35)31-10-8-21(31)24(34)30-13-16-3-6-19-17(11-16)7-9-28-23(19)27/h1-7,9,11,20-21,29H,8,10,12-14H2,(H2,27,28)(H,30,34)(H,32,33). The lowest BCUT2D eigenvalue weighted by Crippen LogP contribution is -2.62. The first kappa shape index (κ1) is 24.1. The highest BCUT2D eigenvalue weighted by Crippen LogP contribution is 2.22. The van der Waals surface area contributed by atoms with Crippen LogP contribution in [0.5, 0.6) is 0 Å². The first-order chi connectivity index (χ1) is 16.8. The van der Waals surface area contributed by atoms with Crippen molar-refractivity contribution in [2.24, 2.45) is 0 Å². The molecule has 1 fully saturated rings. The van der Waals surface area contributed by atoms with Crippen LogP contribution >= 0.6 is 0 Å². The molecule has 9 nitrogen and oxygen atoms in total. The molecule has 1 aliphatic heterocycles. The van der Waals surface area contributed by atoms with Gasteiger partial charge in [0.1, 0.15) is 17.7 Å². The predicted octanol–water partition coefficient (Wildman–Crippen LogP) is 1.46. The predicted molar refractivity (Wildman–Crippen MR) is 128 cm³/mol. The van der Waals surface area contributed by atoms with Gasteiger partial charge >= 0.3 is 5.97 Å². The molecule has 0 saturated carbocycles. The van der Waals surface area contributed by atoms with Crippen molar-refractivity contribution in [3.05, 3.63) is 71.7 Å². The van der Waals surface area contributed by atoms with Crippen molar-refractivity contribution in [1.82, 2.24) is 20.5 Å². The molecule has 1 saturated heterocycles.